The van der Waals surface area contributed by atoms with Crippen LogP contribution in [0.15, 0.2) is 12.2 Å². The Labute approximate surface area is 325 Å². The van der Waals surface area contributed by atoms with Crippen LogP contribution in [0.3, 0.4) is 0 Å². The van der Waals surface area contributed by atoms with Gasteiger partial charge in [-0.15, -0.1) is 0 Å². The highest BCUT2D eigenvalue weighted by Gasteiger charge is 2.26. The van der Waals surface area contributed by atoms with Crippen molar-refractivity contribution in [2.24, 2.45) is 0 Å². The highest BCUT2D eigenvalue weighted by atomic mass is 16.3. The topological polar surface area (TPSA) is 89.8 Å². The Morgan fingerprint density at radius 2 is 0.769 bits per heavy atom. The van der Waals surface area contributed by atoms with Crippen LogP contribution < -0.4 is 5.32 Å². The van der Waals surface area contributed by atoms with Crippen LogP contribution in [0.5, 0.6) is 0 Å². The molecule has 0 fully saturated rings. The number of hydrogen-bond acceptors (Lipinski definition) is 4. The number of nitrogens with one attached hydrogen (secondary N) is 1. The largest absolute Gasteiger partial charge is 0.394 e. The molecule has 1 amide bonds. The van der Waals surface area contributed by atoms with Crippen LogP contribution in [-0.4, -0.2) is 46.1 Å². The smallest absolute Gasteiger partial charge is 0.220 e. The Morgan fingerprint density at radius 3 is 1.13 bits per heavy atom. The third-order valence-electron chi connectivity index (χ3n) is 11.1. The van der Waals surface area contributed by atoms with Gasteiger partial charge in [0.1, 0.15) is 6.10 Å². The highest BCUT2D eigenvalue weighted by Crippen LogP contribution is 2.17. The first-order valence-corrected chi connectivity index (χ1v) is 23.5. The summed E-state index contributed by atoms with van der Waals surface area (Å²) in [7, 11) is 0. The minimum atomic E-state index is -1.13. The fourth-order valence-electron chi connectivity index (χ4n) is 7.45. The van der Waals surface area contributed by atoms with Crippen molar-refractivity contribution in [1.29, 1.82) is 0 Å². The van der Waals surface area contributed by atoms with Crippen LogP contribution in [0.1, 0.15) is 258 Å². The third kappa shape index (κ3) is 37.4. The van der Waals surface area contributed by atoms with Crippen LogP contribution in [0.4, 0.5) is 0 Å². The summed E-state index contributed by atoms with van der Waals surface area (Å²) < 4.78 is 0. The predicted octanol–water partition coefficient (Wildman–Crippen LogP) is 13.6. The van der Waals surface area contributed by atoms with Crippen molar-refractivity contribution in [3.63, 3.8) is 0 Å². The van der Waals surface area contributed by atoms with Crippen LogP contribution in [0, 0.1) is 0 Å². The van der Waals surface area contributed by atoms with E-state index in [1.165, 1.54) is 199 Å². The van der Waals surface area contributed by atoms with Crippen molar-refractivity contribution in [3.05, 3.63) is 12.2 Å². The standard InChI is InChI=1S/C47H93NO4/c1-3-5-7-9-11-13-15-17-19-20-21-22-23-24-25-26-28-29-31-33-35-37-39-41-45(50)47(52)44(43-49)48-46(51)42-40-38-36-34-32-30-27-18-16-14-12-10-8-6-4-2/h14,16,44-45,47,49-50,52H,3-13,15,17-43H2,1-2H3,(H,48,51)/b16-14-. The molecule has 0 radical (unpaired) electrons. The van der Waals surface area contributed by atoms with Crippen LogP contribution in [-0.2, 0) is 4.79 Å². The molecule has 3 atom stereocenters. The first-order chi connectivity index (χ1) is 25.6. The molecule has 0 saturated carbocycles. The fraction of sp³-hybridized carbons (Fsp3) is 0.936. The Kier molecular flexibility index (Phi) is 42.1. The quantitative estimate of drug-likeness (QED) is 0.0371. The summed E-state index contributed by atoms with van der Waals surface area (Å²) in [5, 5.41) is 33.6. The van der Waals surface area contributed by atoms with E-state index in [-0.39, 0.29) is 12.5 Å². The van der Waals surface area contributed by atoms with Crippen LogP contribution in [0.2, 0.25) is 0 Å². The number of unbranched alkanes of at least 4 members (excludes halogenated alkanes) is 33. The van der Waals surface area contributed by atoms with E-state index in [1.54, 1.807) is 0 Å². The maximum absolute atomic E-state index is 12.4. The third-order valence-corrected chi connectivity index (χ3v) is 11.1. The van der Waals surface area contributed by atoms with E-state index in [0.29, 0.717) is 12.8 Å². The maximum Gasteiger partial charge on any atom is 0.220 e. The summed E-state index contributed by atoms with van der Waals surface area (Å²) in [6.07, 6.45) is 50.4. The van der Waals surface area contributed by atoms with E-state index in [0.717, 1.165) is 32.1 Å². The molecule has 0 heterocycles. The molecule has 5 heteroatoms. The van der Waals surface area contributed by atoms with Gasteiger partial charge in [-0.2, -0.15) is 0 Å². The van der Waals surface area contributed by atoms with E-state index in [2.05, 4.69) is 31.3 Å². The van der Waals surface area contributed by atoms with Gasteiger partial charge in [-0.05, 0) is 38.5 Å². The van der Waals surface area contributed by atoms with Gasteiger partial charge in [0, 0.05) is 6.42 Å². The Morgan fingerprint density at radius 1 is 0.462 bits per heavy atom. The van der Waals surface area contributed by atoms with E-state index < -0.39 is 18.2 Å². The number of carbonyl (C=O) groups is 1. The molecule has 0 saturated heterocycles. The average Bonchev–Trinajstić information content (AvgIpc) is 3.15. The number of aliphatic hydroxyl groups is 3. The van der Waals surface area contributed by atoms with Gasteiger partial charge in [0.2, 0.25) is 5.91 Å². The molecule has 5 nitrogen and oxygen atoms in total. The van der Waals surface area contributed by atoms with E-state index in [1.807, 2.05) is 0 Å². The summed E-state index contributed by atoms with van der Waals surface area (Å²) in [5.41, 5.74) is 0. The van der Waals surface area contributed by atoms with Gasteiger partial charge in [0.05, 0.1) is 18.8 Å². The zero-order valence-corrected chi connectivity index (χ0v) is 35.2. The number of carbonyl (C=O) groups excluding carboxylic acids is 1. The summed E-state index contributed by atoms with van der Waals surface area (Å²) in [6, 6.07) is -0.808. The van der Waals surface area contributed by atoms with Crippen molar-refractivity contribution < 1.29 is 20.1 Å². The lowest BCUT2D eigenvalue weighted by Crippen LogP contribution is -2.50. The van der Waals surface area contributed by atoms with Gasteiger partial charge in [-0.25, -0.2) is 0 Å². The Bertz CT molecular complexity index is 728. The molecule has 0 rings (SSSR count). The lowest BCUT2D eigenvalue weighted by molar-refractivity contribution is -0.124. The van der Waals surface area contributed by atoms with Crippen molar-refractivity contribution in [3.8, 4) is 0 Å². The van der Waals surface area contributed by atoms with Crippen molar-refractivity contribution in [2.45, 2.75) is 276 Å². The molecule has 0 aromatic heterocycles. The van der Waals surface area contributed by atoms with E-state index >= 15 is 0 Å². The molecule has 310 valence electrons. The zero-order chi connectivity index (χ0) is 38.0. The summed E-state index contributed by atoms with van der Waals surface area (Å²) >= 11 is 0. The molecule has 0 spiro atoms. The van der Waals surface area contributed by atoms with Gasteiger partial charge < -0.3 is 20.6 Å². The zero-order valence-electron chi connectivity index (χ0n) is 35.2. The molecule has 4 N–H and O–H groups in total. The molecule has 0 aliphatic heterocycles. The van der Waals surface area contributed by atoms with Crippen LogP contribution in [0.25, 0.3) is 0 Å². The number of rotatable bonds is 43. The highest BCUT2D eigenvalue weighted by molar-refractivity contribution is 5.76. The van der Waals surface area contributed by atoms with Crippen LogP contribution >= 0.6 is 0 Å². The molecular formula is C47H93NO4. The number of aliphatic hydroxyl groups excluding tert-OH is 3. The molecule has 0 aromatic carbocycles. The number of hydrogen-bond donors (Lipinski definition) is 4. The Balaban J connectivity index is 3.56. The number of allylic oxidation sites excluding steroid dienone is 2. The summed E-state index contributed by atoms with van der Waals surface area (Å²) in [5.74, 6) is -0.147. The summed E-state index contributed by atoms with van der Waals surface area (Å²) in [6.45, 7) is 4.18. The van der Waals surface area contributed by atoms with Gasteiger partial charge in [-0.1, -0.05) is 225 Å². The van der Waals surface area contributed by atoms with E-state index in [4.69, 9.17) is 0 Å². The minimum absolute atomic E-state index is 0.147. The van der Waals surface area contributed by atoms with E-state index in [9.17, 15) is 20.1 Å². The monoisotopic (exact) mass is 736 g/mol. The second kappa shape index (κ2) is 42.8. The summed E-state index contributed by atoms with van der Waals surface area (Å²) in [4.78, 5) is 12.4. The van der Waals surface area contributed by atoms with Crippen molar-refractivity contribution in [2.75, 3.05) is 6.61 Å². The first-order valence-electron chi connectivity index (χ1n) is 23.5. The number of amides is 1. The second-order valence-electron chi connectivity index (χ2n) is 16.3. The lowest BCUT2D eigenvalue weighted by atomic mass is 9.99. The fourth-order valence-corrected chi connectivity index (χ4v) is 7.45. The molecule has 0 aliphatic rings. The van der Waals surface area contributed by atoms with Gasteiger partial charge in [0.25, 0.3) is 0 Å². The average molecular weight is 736 g/mol. The van der Waals surface area contributed by atoms with Crippen molar-refractivity contribution in [1.82, 2.24) is 5.32 Å². The van der Waals surface area contributed by atoms with Gasteiger partial charge >= 0.3 is 0 Å². The predicted molar refractivity (Wildman–Crippen MR) is 227 cm³/mol. The molecule has 0 aromatic rings. The SMILES string of the molecule is CCCCCC/C=C\CCCCCCCCCC(=O)NC(CO)C(O)C(O)CCCCCCCCCCCCCCCCCCCCCCCCC. The maximum atomic E-state index is 12.4. The van der Waals surface area contributed by atoms with Gasteiger partial charge in [-0.3, -0.25) is 4.79 Å². The molecule has 0 aliphatic carbocycles. The Hall–Kier alpha value is -0.910. The first kappa shape index (κ1) is 51.1. The molecular weight excluding hydrogens is 643 g/mol. The lowest BCUT2D eigenvalue weighted by Gasteiger charge is -2.26. The normalized spacial score (nSPS) is 13.6. The molecule has 3 unspecified atom stereocenters. The van der Waals surface area contributed by atoms with Crippen molar-refractivity contribution >= 4 is 5.91 Å². The van der Waals surface area contributed by atoms with Gasteiger partial charge in [0.15, 0.2) is 0 Å². The second-order valence-corrected chi connectivity index (χ2v) is 16.3. The minimum Gasteiger partial charge on any atom is -0.394 e. The molecule has 0 bridgehead atoms. The molecule has 52 heavy (non-hydrogen) atoms.